The summed E-state index contributed by atoms with van der Waals surface area (Å²) >= 11 is 7.39. The van der Waals surface area contributed by atoms with Crippen molar-refractivity contribution in [2.45, 2.75) is 23.9 Å². The molecule has 3 aromatic rings. The van der Waals surface area contributed by atoms with E-state index in [0.29, 0.717) is 18.0 Å². The largest absolute Gasteiger partial charge is 0.357 e. The maximum Gasteiger partial charge on any atom is 0.242 e. The van der Waals surface area contributed by atoms with Crippen LogP contribution >= 0.6 is 23.4 Å². The Bertz CT molecular complexity index is 981. The molecule has 31 heavy (non-hydrogen) atoms. The number of hydrogen-bond acceptors (Lipinski definition) is 3. The fourth-order valence-electron chi connectivity index (χ4n) is 3.26. The SMILES string of the molecule is CNC(=O)C(Cc1ccccc1)N(Cc1ccccc1)C(=O)CSc1ccc(Cl)cc1. The van der Waals surface area contributed by atoms with Crippen molar-refractivity contribution >= 4 is 35.2 Å². The van der Waals surface area contributed by atoms with Gasteiger partial charge in [0.1, 0.15) is 6.04 Å². The van der Waals surface area contributed by atoms with Crippen LogP contribution in [0.1, 0.15) is 11.1 Å². The summed E-state index contributed by atoms with van der Waals surface area (Å²) in [5, 5.41) is 3.39. The minimum absolute atomic E-state index is 0.0895. The third-order valence-corrected chi connectivity index (χ3v) is 6.14. The highest BCUT2D eigenvalue weighted by atomic mass is 35.5. The lowest BCUT2D eigenvalue weighted by Crippen LogP contribution is -2.50. The second-order valence-electron chi connectivity index (χ2n) is 7.07. The van der Waals surface area contributed by atoms with Crippen LogP contribution in [-0.2, 0) is 22.6 Å². The average Bonchev–Trinajstić information content (AvgIpc) is 2.81. The van der Waals surface area contributed by atoms with Gasteiger partial charge in [0.15, 0.2) is 0 Å². The van der Waals surface area contributed by atoms with Crippen molar-refractivity contribution in [3.8, 4) is 0 Å². The van der Waals surface area contributed by atoms with E-state index >= 15 is 0 Å². The molecule has 6 heteroatoms. The molecule has 4 nitrogen and oxygen atoms in total. The molecule has 3 rings (SSSR count). The van der Waals surface area contributed by atoms with E-state index in [0.717, 1.165) is 16.0 Å². The predicted molar refractivity (Wildman–Crippen MR) is 127 cm³/mol. The van der Waals surface area contributed by atoms with E-state index < -0.39 is 6.04 Å². The van der Waals surface area contributed by atoms with Crippen molar-refractivity contribution in [3.05, 3.63) is 101 Å². The Morgan fingerprint density at radius 1 is 0.903 bits per heavy atom. The number of nitrogens with zero attached hydrogens (tertiary/aromatic N) is 1. The van der Waals surface area contributed by atoms with Gasteiger partial charge in [-0.1, -0.05) is 72.3 Å². The molecule has 0 saturated heterocycles. The number of hydrogen-bond donors (Lipinski definition) is 1. The average molecular weight is 453 g/mol. The minimum atomic E-state index is -0.606. The molecule has 1 atom stereocenters. The first kappa shape index (κ1) is 22.9. The van der Waals surface area contributed by atoms with Crippen LogP contribution in [-0.4, -0.2) is 35.6 Å². The van der Waals surface area contributed by atoms with Crippen molar-refractivity contribution in [1.82, 2.24) is 10.2 Å². The third kappa shape index (κ3) is 6.88. The molecule has 160 valence electrons. The molecular formula is C25H25ClN2O2S. The van der Waals surface area contributed by atoms with Gasteiger partial charge in [0.25, 0.3) is 0 Å². The minimum Gasteiger partial charge on any atom is -0.357 e. The summed E-state index contributed by atoms with van der Waals surface area (Å²) in [5.74, 6) is -0.0329. The van der Waals surface area contributed by atoms with E-state index in [1.807, 2.05) is 72.8 Å². The van der Waals surface area contributed by atoms with E-state index in [-0.39, 0.29) is 17.6 Å². The van der Waals surface area contributed by atoms with Gasteiger partial charge in [0, 0.05) is 29.9 Å². The maximum atomic E-state index is 13.3. The fourth-order valence-corrected chi connectivity index (χ4v) is 4.17. The maximum absolute atomic E-state index is 13.3. The van der Waals surface area contributed by atoms with E-state index in [1.165, 1.54) is 11.8 Å². The van der Waals surface area contributed by atoms with Crippen LogP contribution in [0.3, 0.4) is 0 Å². The zero-order chi connectivity index (χ0) is 22.1. The molecule has 0 aromatic heterocycles. The molecule has 2 amide bonds. The van der Waals surface area contributed by atoms with Crippen molar-refractivity contribution in [2.75, 3.05) is 12.8 Å². The lowest BCUT2D eigenvalue weighted by molar-refractivity contribution is -0.139. The molecule has 0 aliphatic rings. The molecule has 0 fully saturated rings. The van der Waals surface area contributed by atoms with Gasteiger partial charge in [-0.2, -0.15) is 0 Å². The first-order chi connectivity index (χ1) is 15.1. The Hall–Kier alpha value is -2.76. The van der Waals surface area contributed by atoms with Gasteiger partial charge in [-0.25, -0.2) is 0 Å². The number of amides is 2. The summed E-state index contributed by atoms with van der Waals surface area (Å²) in [5.41, 5.74) is 1.99. The summed E-state index contributed by atoms with van der Waals surface area (Å²) in [6.45, 7) is 0.367. The molecule has 1 unspecified atom stereocenters. The van der Waals surface area contributed by atoms with Crippen LogP contribution in [0.15, 0.2) is 89.8 Å². The van der Waals surface area contributed by atoms with Gasteiger partial charge in [-0.15, -0.1) is 11.8 Å². The van der Waals surface area contributed by atoms with Crippen LogP contribution < -0.4 is 5.32 Å². The first-order valence-corrected chi connectivity index (χ1v) is 11.4. The molecule has 0 saturated carbocycles. The second-order valence-corrected chi connectivity index (χ2v) is 8.55. The molecule has 0 radical (unpaired) electrons. The summed E-state index contributed by atoms with van der Waals surface area (Å²) in [4.78, 5) is 28.8. The molecule has 3 aromatic carbocycles. The lowest BCUT2D eigenvalue weighted by atomic mass is 10.0. The number of nitrogens with one attached hydrogen (secondary N) is 1. The fraction of sp³-hybridized carbons (Fsp3) is 0.200. The van der Waals surface area contributed by atoms with E-state index in [4.69, 9.17) is 11.6 Å². The smallest absolute Gasteiger partial charge is 0.242 e. The number of rotatable bonds is 9. The van der Waals surface area contributed by atoms with Crippen LogP contribution in [0.4, 0.5) is 0 Å². The van der Waals surface area contributed by atoms with Crippen LogP contribution in [0.25, 0.3) is 0 Å². The number of thioether (sulfide) groups is 1. The van der Waals surface area contributed by atoms with Gasteiger partial charge in [-0.05, 0) is 35.4 Å². The quantitative estimate of drug-likeness (QED) is 0.473. The highest BCUT2D eigenvalue weighted by molar-refractivity contribution is 8.00. The first-order valence-electron chi connectivity index (χ1n) is 10.0. The molecule has 0 aliphatic carbocycles. The summed E-state index contributed by atoms with van der Waals surface area (Å²) in [6, 6.07) is 26.3. The Morgan fingerprint density at radius 3 is 2.06 bits per heavy atom. The Balaban J connectivity index is 1.83. The zero-order valence-electron chi connectivity index (χ0n) is 17.3. The molecular weight excluding hydrogens is 428 g/mol. The normalized spacial score (nSPS) is 11.5. The standard InChI is InChI=1S/C25H25ClN2O2S/c1-27-25(30)23(16-19-8-4-2-5-9-19)28(17-20-10-6-3-7-11-20)24(29)18-31-22-14-12-21(26)13-15-22/h2-15,23H,16-18H2,1H3,(H,27,30). The number of carbonyl (C=O) groups is 2. The number of halogens is 1. The Kier molecular flexibility index (Phi) is 8.56. The van der Waals surface area contributed by atoms with Gasteiger partial charge < -0.3 is 10.2 Å². The number of carbonyl (C=O) groups excluding carboxylic acids is 2. The van der Waals surface area contributed by atoms with Gasteiger partial charge in [0.05, 0.1) is 5.75 Å². The summed E-state index contributed by atoms with van der Waals surface area (Å²) < 4.78 is 0. The van der Waals surface area contributed by atoms with E-state index in [2.05, 4.69) is 5.32 Å². The van der Waals surface area contributed by atoms with Crippen LogP contribution in [0.2, 0.25) is 5.02 Å². The molecule has 0 spiro atoms. The number of likely N-dealkylation sites (N-methyl/N-ethyl adjacent to an activating group) is 1. The lowest BCUT2D eigenvalue weighted by Gasteiger charge is -2.31. The predicted octanol–water partition coefficient (Wildman–Crippen LogP) is 4.82. The van der Waals surface area contributed by atoms with E-state index in [9.17, 15) is 9.59 Å². The van der Waals surface area contributed by atoms with Crippen LogP contribution in [0.5, 0.6) is 0 Å². The molecule has 0 bridgehead atoms. The Morgan fingerprint density at radius 2 is 1.48 bits per heavy atom. The topological polar surface area (TPSA) is 49.4 Å². The van der Waals surface area contributed by atoms with Crippen molar-refractivity contribution < 1.29 is 9.59 Å². The van der Waals surface area contributed by atoms with Crippen molar-refractivity contribution in [1.29, 1.82) is 0 Å². The van der Waals surface area contributed by atoms with Gasteiger partial charge >= 0.3 is 0 Å². The zero-order valence-corrected chi connectivity index (χ0v) is 18.9. The highest BCUT2D eigenvalue weighted by Crippen LogP contribution is 2.22. The van der Waals surface area contributed by atoms with Gasteiger partial charge in [0.2, 0.25) is 11.8 Å². The molecule has 0 aliphatic heterocycles. The summed E-state index contributed by atoms with van der Waals surface area (Å²) in [6.07, 6.45) is 0.449. The van der Waals surface area contributed by atoms with Crippen molar-refractivity contribution in [2.24, 2.45) is 0 Å². The van der Waals surface area contributed by atoms with Gasteiger partial charge in [-0.3, -0.25) is 9.59 Å². The molecule has 1 N–H and O–H groups in total. The van der Waals surface area contributed by atoms with Crippen LogP contribution in [0, 0.1) is 0 Å². The monoisotopic (exact) mass is 452 g/mol. The van der Waals surface area contributed by atoms with E-state index in [1.54, 1.807) is 24.1 Å². The number of benzene rings is 3. The van der Waals surface area contributed by atoms with Crippen molar-refractivity contribution in [3.63, 3.8) is 0 Å². The third-order valence-electron chi connectivity index (χ3n) is 4.89. The second kappa shape index (κ2) is 11.6. The molecule has 0 heterocycles. The highest BCUT2D eigenvalue weighted by Gasteiger charge is 2.29. The summed E-state index contributed by atoms with van der Waals surface area (Å²) in [7, 11) is 1.61. The Labute approximate surface area is 192 Å².